The number of ether oxygens (including phenoxy) is 1. The normalized spacial score (nSPS) is 19.1. The van der Waals surface area contributed by atoms with Gasteiger partial charge in [0.2, 0.25) is 0 Å². The van der Waals surface area contributed by atoms with Crippen LogP contribution in [0, 0.1) is 5.82 Å². The molecule has 1 heterocycles. The fourth-order valence-corrected chi connectivity index (χ4v) is 3.68. The summed E-state index contributed by atoms with van der Waals surface area (Å²) in [6, 6.07) is 15.1. The van der Waals surface area contributed by atoms with Crippen LogP contribution in [-0.2, 0) is 17.7 Å². The van der Waals surface area contributed by atoms with Gasteiger partial charge >= 0.3 is 6.03 Å². The average molecular weight is 400 g/mol. The predicted octanol–water partition coefficient (Wildman–Crippen LogP) is 3.87. The molecule has 0 spiro atoms. The number of amides is 2. The quantitative estimate of drug-likeness (QED) is 0.695. The van der Waals surface area contributed by atoms with Gasteiger partial charge in [0.05, 0.1) is 17.9 Å². The number of hydrogen-bond donors (Lipinski definition) is 2. The van der Waals surface area contributed by atoms with Gasteiger partial charge in [0.25, 0.3) is 0 Å². The molecule has 0 bridgehead atoms. The van der Waals surface area contributed by atoms with Crippen LogP contribution in [0.3, 0.4) is 0 Å². The van der Waals surface area contributed by atoms with Crippen molar-refractivity contribution in [3.63, 3.8) is 0 Å². The highest BCUT2D eigenvalue weighted by Gasteiger charge is 2.24. The molecule has 1 saturated heterocycles. The molecule has 0 radical (unpaired) electrons. The molecule has 2 aromatic rings. The number of benzene rings is 2. The number of morpholine rings is 1. The van der Waals surface area contributed by atoms with Crippen LogP contribution in [0.15, 0.2) is 48.5 Å². The van der Waals surface area contributed by atoms with E-state index in [4.69, 9.17) is 4.74 Å². The Bertz CT molecular complexity index is 790. The van der Waals surface area contributed by atoms with Gasteiger partial charge in [0, 0.05) is 26.2 Å². The number of carbonyl (C=O) groups is 1. The van der Waals surface area contributed by atoms with Gasteiger partial charge in [-0.15, -0.1) is 0 Å². The summed E-state index contributed by atoms with van der Waals surface area (Å²) in [4.78, 5) is 14.0. The first-order valence-electron chi connectivity index (χ1n) is 10.3. The summed E-state index contributed by atoms with van der Waals surface area (Å²) in [6.07, 6.45) is 1.94. The molecule has 156 valence electrons. The van der Waals surface area contributed by atoms with Crippen molar-refractivity contribution in [2.75, 3.05) is 24.5 Å². The second-order valence-electron chi connectivity index (χ2n) is 7.65. The first kappa shape index (κ1) is 21.1. The molecular weight excluding hydrogens is 369 g/mol. The summed E-state index contributed by atoms with van der Waals surface area (Å²) in [5.74, 6) is -0.270. The third-order valence-electron chi connectivity index (χ3n) is 5.00. The number of nitrogens with zero attached hydrogens (tertiary/aromatic N) is 1. The van der Waals surface area contributed by atoms with E-state index in [0.29, 0.717) is 25.3 Å². The molecular formula is C23H30FN3O2. The molecule has 0 saturated carbocycles. The van der Waals surface area contributed by atoms with E-state index in [1.54, 1.807) is 6.07 Å². The van der Waals surface area contributed by atoms with Crippen LogP contribution < -0.4 is 15.5 Å². The van der Waals surface area contributed by atoms with Crippen LogP contribution in [-0.4, -0.2) is 37.9 Å². The first-order valence-corrected chi connectivity index (χ1v) is 10.3. The Morgan fingerprint density at radius 1 is 1.07 bits per heavy atom. The van der Waals surface area contributed by atoms with Crippen molar-refractivity contribution in [3.8, 4) is 0 Å². The van der Waals surface area contributed by atoms with Gasteiger partial charge in [-0.05, 0) is 49.9 Å². The maximum Gasteiger partial charge on any atom is 0.315 e. The highest BCUT2D eigenvalue weighted by Crippen LogP contribution is 2.24. The Morgan fingerprint density at radius 2 is 1.79 bits per heavy atom. The van der Waals surface area contributed by atoms with Gasteiger partial charge in [-0.3, -0.25) is 0 Å². The third kappa shape index (κ3) is 6.46. The molecule has 29 heavy (non-hydrogen) atoms. The molecule has 3 rings (SSSR count). The van der Waals surface area contributed by atoms with Crippen LogP contribution in [0.4, 0.5) is 14.9 Å². The standard InChI is InChI=1S/C23H30FN3O2/c1-17-15-27(16-18(2)29-17)22-11-10-20(13-21(22)24)14-26-23(28)25-12-6-9-19-7-4-3-5-8-19/h3-5,7-8,10-11,13,17-18H,6,9,12,14-16H2,1-2H3,(H2,25,26,28). The minimum absolute atomic E-state index is 0.0741. The molecule has 2 aromatic carbocycles. The molecule has 2 atom stereocenters. The third-order valence-corrected chi connectivity index (χ3v) is 5.00. The average Bonchev–Trinajstić information content (AvgIpc) is 2.70. The molecule has 2 unspecified atom stereocenters. The zero-order valence-corrected chi connectivity index (χ0v) is 17.2. The Hall–Kier alpha value is -2.60. The number of aryl methyl sites for hydroxylation is 1. The van der Waals surface area contributed by atoms with Crippen LogP contribution >= 0.6 is 0 Å². The van der Waals surface area contributed by atoms with E-state index < -0.39 is 0 Å². The maximum absolute atomic E-state index is 14.6. The van der Waals surface area contributed by atoms with Crippen LogP contribution in [0.2, 0.25) is 0 Å². The molecule has 1 aliphatic rings. The van der Waals surface area contributed by atoms with Gasteiger partial charge < -0.3 is 20.3 Å². The lowest BCUT2D eigenvalue weighted by Crippen LogP contribution is -2.45. The molecule has 5 nitrogen and oxygen atoms in total. The van der Waals surface area contributed by atoms with E-state index in [0.717, 1.165) is 18.4 Å². The van der Waals surface area contributed by atoms with E-state index in [2.05, 4.69) is 22.8 Å². The molecule has 6 heteroatoms. The fraction of sp³-hybridized carbons (Fsp3) is 0.435. The SMILES string of the molecule is CC1CN(c2ccc(CNC(=O)NCCCc3ccccc3)cc2F)CC(C)O1. The van der Waals surface area contributed by atoms with Crippen LogP contribution in [0.1, 0.15) is 31.4 Å². The number of hydrogen-bond acceptors (Lipinski definition) is 3. The molecule has 0 aromatic heterocycles. The summed E-state index contributed by atoms with van der Waals surface area (Å²) in [5.41, 5.74) is 2.58. The Labute approximate surface area is 172 Å². The Balaban J connectivity index is 1.42. The number of carbonyl (C=O) groups excluding carboxylic acids is 1. The van der Waals surface area contributed by atoms with Crippen molar-refractivity contribution in [1.29, 1.82) is 0 Å². The van der Waals surface area contributed by atoms with E-state index in [9.17, 15) is 9.18 Å². The highest BCUT2D eigenvalue weighted by atomic mass is 19.1. The van der Waals surface area contributed by atoms with Crippen LogP contribution in [0.25, 0.3) is 0 Å². The van der Waals surface area contributed by atoms with E-state index in [1.807, 2.05) is 43.0 Å². The van der Waals surface area contributed by atoms with Crippen LogP contribution in [0.5, 0.6) is 0 Å². The number of anilines is 1. The highest BCUT2D eigenvalue weighted by molar-refractivity contribution is 5.73. The van der Waals surface area contributed by atoms with Gasteiger partial charge in [-0.1, -0.05) is 36.4 Å². The summed E-state index contributed by atoms with van der Waals surface area (Å²) in [5, 5.41) is 5.63. The van der Waals surface area contributed by atoms with Crippen molar-refractivity contribution >= 4 is 11.7 Å². The summed E-state index contributed by atoms with van der Waals surface area (Å²) in [7, 11) is 0. The number of rotatable bonds is 7. The van der Waals surface area contributed by atoms with Crippen molar-refractivity contribution in [1.82, 2.24) is 10.6 Å². The topological polar surface area (TPSA) is 53.6 Å². The van der Waals surface area contributed by atoms with E-state index in [-0.39, 0.29) is 30.6 Å². The van der Waals surface area contributed by atoms with Gasteiger partial charge in [0.15, 0.2) is 0 Å². The molecule has 2 N–H and O–H groups in total. The second-order valence-corrected chi connectivity index (χ2v) is 7.65. The lowest BCUT2D eigenvalue weighted by atomic mass is 10.1. The smallest absolute Gasteiger partial charge is 0.315 e. The van der Waals surface area contributed by atoms with Crippen molar-refractivity contribution < 1.29 is 13.9 Å². The van der Waals surface area contributed by atoms with Crippen molar-refractivity contribution in [3.05, 3.63) is 65.5 Å². The lowest BCUT2D eigenvalue weighted by molar-refractivity contribution is -0.00539. The summed E-state index contributed by atoms with van der Waals surface area (Å²) >= 11 is 0. The van der Waals surface area contributed by atoms with E-state index in [1.165, 1.54) is 11.6 Å². The maximum atomic E-state index is 14.6. The van der Waals surface area contributed by atoms with Gasteiger partial charge in [0.1, 0.15) is 5.82 Å². The molecule has 0 aliphatic carbocycles. The Kier molecular flexibility index (Phi) is 7.47. The second kappa shape index (κ2) is 10.3. The number of halogens is 1. The van der Waals surface area contributed by atoms with Crippen molar-refractivity contribution in [2.24, 2.45) is 0 Å². The fourth-order valence-electron chi connectivity index (χ4n) is 3.68. The van der Waals surface area contributed by atoms with Crippen molar-refractivity contribution in [2.45, 2.75) is 45.4 Å². The molecule has 1 fully saturated rings. The van der Waals surface area contributed by atoms with E-state index >= 15 is 0 Å². The molecule has 2 amide bonds. The predicted molar refractivity (Wildman–Crippen MR) is 114 cm³/mol. The summed E-state index contributed by atoms with van der Waals surface area (Å²) in [6.45, 7) is 6.22. The summed E-state index contributed by atoms with van der Waals surface area (Å²) < 4.78 is 20.3. The van der Waals surface area contributed by atoms with Gasteiger partial charge in [-0.2, -0.15) is 0 Å². The largest absolute Gasteiger partial charge is 0.372 e. The monoisotopic (exact) mass is 399 g/mol. The molecule has 1 aliphatic heterocycles. The minimum atomic E-state index is -0.270. The Morgan fingerprint density at radius 3 is 2.48 bits per heavy atom. The number of urea groups is 1. The van der Waals surface area contributed by atoms with Gasteiger partial charge in [-0.25, -0.2) is 9.18 Å². The number of nitrogens with one attached hydrogen (secondary N) is 2. The first-order chi connectivity index (χ1) is 14.0. The minimum Gasteiger partial charge on any atom is -0.372 e. The zero-order valence-electron chi connectivity index (χ0n) is 17.2. The zero-order chi connectivity index (χ0) is 20.6. The lowest BCUT2D eigenvalue weighted by Gasteiger charge is -2.37.